The van der Waals surface area contributed by atoms with Crippen LogP contribution in [0.4, 0.5) is 0 Å². The van der Waals surface area contributed by atoms with E-state index < -0.39 is 0 Å². The highest BCUT2D eigenvalue weighted by Gasteiger charge is 2.21. The molecule has 1 aromatic carbocycles. The number of benzene rings is 1. The van der Waals surface area contributed by atoms with E-state index in [1.807, 2.05) is 6.08 Å². The average molecular weight is 341 g/mol. The lowest BCUT2D eigenvalue weighted by Gasteiger charge is -2.28. The molecule has 0 spiro atoms. The summed E-state index contributed by atoms with van der Waals surface area (Å²) in [6, 6.07) is 8.31. The van der Waals surface area contributed by atoms with Gasteiger partial charge in [-0.25, -0.2) is 0 Å². The first-order valence-corrected chi connectivity index (χ1v) is 10.2. The summed E-state index contributed by atoms with van der Waals surface area (Å²) in [6.07, 6.45) is 14.0. The molecule has 0 heterocycles. The van der Waals surface area contributed by atoms with Crippen LogP contribution in [0.25, 0.3) is 5.57 Å². The Kier molecular flexibility index (Phi) is 6.72. The van der Waals surface area contributed by atoms with Crippen LogP contribution >= 0.6 is 0 Å². The van der Waals surface area contributed by atoms with Gasteiger partial charge in [0.2, 0.25) is 0 Å². The highest BCUT2D eigenvalue weighted by atomic mass is 16.5. The molecule has 1 aromatic rings. The number of rotatable bonds is 7. The number of ether oxygens (including phenoxy) is 1. The van der Waals surface area contributed by atoms with Crippen LogP contribution in [0.15, 0.2) is 30.3 Å². The van der Waals surface area contributed by atoms with Gasteiger partial charge >= 0.3 is 0 Å². The summed E-state index contributed by atoms with van der Waals surface area (Å²) in [5, 5.41) is 0. The topological polar surface area (TPSA) is 26.3 Å². The molecule has 1 saturated carbocycles. The Hall–Kier alpha value is -1.57. The van der Waals surface area contributed by atoms with Crippen LogP contribution in [-0.2, 0) is 4.79 Å². The molecule has 2 heteroatoms. The molecular weight excluding hydrogens is 308 g/mol. The van der Waals surface area contributed by atoms with Crippen molar-refractivity contribution in [2.75, 3.05) is 6.61 Å². The summed E-state index contributed by atoms with van der Waals surface area (Å²) in [5.74, 6) is 2.90. The number of carbonyl (C=O) groups is 1. The van der Waals surface area contributed by atoms with Gasteiger partial charge in [-0.3, -0.25) is 4.79 Å². The van der Waals surface area contributed by atoms with E-state index in [4.69, 9.17) is 4.74 Å². The van der Waals surface area contributed by atoms with Crippen LogP contribution in [-0.4, -0.2) is 12.4 Å². The van der Waals surface area contributed by atoms with Gasteiger partial charge in [0, 0.05) is 6.42 Å². The Morgan fingerprint density at radius 1 is 1.00 bits per heavy atom. The highest BCUT2D eigenvalue weighted by molar-refractivity contribution is 5.98. The Labute approximate surface area is 152 Å². The molecule has 0 aliphatic heterocycles. The van der Waals surface area contributed by atoms with E-state index in [1.54, 1.807) is 0 Å². The van der Waals surface area contributed by atoms with Crippen molar-refractivity contribution in [3.05, 3.63) is 35.9 Å². The third-order valence-electron chi connectivity index (χ3n) is 5.85. The fourth-order valence-corrected chi connectivity index (χ4v) is 4.18. The molecule has 0 atom stereocenters. The monoisotopic (exact) mass is 340 g/mol. The molecule has 0 radical (unpaired) electrons. The molecule has 0 bridgehead atoms. The molecular formula is C23H32O2. The van der Waals surface area contributed by atoms with E-state index in [9.17, 15) is 4.79 Å². The lowest BCUT2D eigenvalue weighted by molar-refractivity contribution is -0.114. The van der Waals surface area contributed by atoms with Crippen molar-refractivity contribution >= 4 is 11.4 Å². The first kappa shape index (κ1) is 18.2. The van der Waals surface area contributed by atoms with Crippen molar-refractivity contribution < 1.29 is 9.53 Å². The van der Waals surface area contributed by atoms with Crippen LogP contribution < -0.4 is 4.74 Å². The molecule has 1 fully saturated rings. The molecule has 0 amide bonds. The van der Waals surface area contributed by atoms with Crippen molar-refractivity contribution in [2.45, 2.75) is 71.1 Å². The van der Waals surface area contributed by atoms with Crippen LogP contribution in [0, 0.1) is 11.8 Å². The van der Waals surface area contributed by atoms with E-state index >= 15 is 0 Å². The molecule has 2 nitrogen and oxygen atoms in total. The summed E-state index contributed by atoms with van der Waals surface area (Å²) in [4.78, 5) is 11.6. The Balaban J connectivity index is 1.44. The molecule has 2 aliphatic carbocycles. The molecule has 136 valence electrons. The van der Waals surface area contributed by atoms with Crippen molar-refractivity contribution in [1.82, 2.24) is 0 Å². The molecule has 0 saturated heterocycles. The summed E-state index contributed by atoms with van der Waals surface area (Å²) in [7, 11) is 0. The maximum Gasteiger partial charge on any atom is 0.155 e. The molecule has 0 unspecified atom stereocenters. The Bertz CT molecular complexity index is 577. The lowest BCUT2D eigenvalue weighted by atomic mass is 9.80. The van der Waals surface area contributed by atoms with Gasteiger partial charge in [0.1, 0.15) is 5.75 Å². The zero-order valence-electron chi connectivity index (χ0n) is 15.6. The van der Waals surface area contributed by atoms with E-state index in [0.29, 0.717) is 6.42 Å². The minimum absolute atomic E-state index is 0.260. The SMILES string of the molecule is CCCCC1CCC(COc2ccc(C3=CC(=O)CCC3)cc2)CC1. The second kappa shape index (κ2) is 9.22. The van der Waals surface area contributed by atoms with Crippen molar-refractivity contribution in [3.63, 3.8) is 0 Å². The number of hydrogen-bond acceptors (Lipinski definition) is 2. The van der Waals surface area contributed by atoms with Gasteiger partial charge in [-0.15, -0.1) is 0 Å². The van der Waals surface area contributed by atoms with E-state index in [0.717, 1.165) is 42.6 Å². The molecule has 0 N–H and O–H groups in total. The summed E-state index contributed by atoms with van der Waals surface area (Å²) in [5.41, 5.74) is 2.34. The Morgan fingerprint density at radius 3 is 2.40 bits per heavy atom. The van der Waals surface area contributed by atoms with Gasteiger partial charge in [0.05, 0.1) is 6.61 Å². The van der Waals surface area contributed by atoms with Gasteiger partial charge in [-0.2, -0.15) is 0 Å². The second-order valence-corrected chi connectivity index (χ2v) is 7.85. The fraction of sp³-hybridized carbons (Fsp3) is 0.609. The first-order valence-electron chi connectivity index (χ1n) is 10.2. The maximum atomic E-state index is 11.6. The zero-order valence-corrected chi connectivity index (χ0v) is 15.6. The van der Waals surface area contributed by atoms with Gasteiger partial charge in [0.25, 0.3) is 0 Å². The average Bonchev–Trinajstić information content (AvgIpc) is 2.66. The van der Waals surface area contributed by atoms with E-state index in [-0.39, 0.29) is 5.78 Å². The van der Waals surface area contributed by atoms with Crippen LogP contribution in [0.2, 0.25) is 0 Å². The van der Waals surface area contributed by atoms with E-state index in [1.165, 1.54) is 50.5 Å². The summed E-state index contributed by atoms with van der Waals surface area (Å²) < 4.78 is 6.04. The number of unbranched alkanes of at least 4 members (excludes halogenated alkanes) is 1. The number of allylic oxidation sites excluding steroid dienone is 2. The molecule has 3 rings (SSSR count). The Morgan fingerprint density at radius 2 is 1.72 bits per heavy atom. The number of ketones is 1. The van der Waals surface area contributed by atoms with Crippen molar-refractivity contribution in [2.24, 2.45) is 11.8 Å². The largest absolute Gasteiger partial charge is 0.493 e. The highest BCUT2D eigenvalue weighted by Crippen LogP contribution is 2.32. The lowest BCUT2D eigenvalue weighted by Crippen LogP contribution is -2.20. The van der Waals surface area contributed by atoms with Gasteiger partial charge < -0.3 is 4.74 Å². The van der Waals surface area contributed by atoms with Crippen LogP contribution in [0.5, 0.6) is 5.75 Å². The third kappa shape index (κ3) is 5.45. The fourth-order valence-electron chi connectivity index (χ4n) is 4.18. The van der Waals surface area contributed by atoms with Gasteiger partial charge in [-0.1, -0.05) is 51.2 Å². The van der Waals surface area contributed by atoms with Gasteiger partial charge in [0.15, 0.2) is 5.78 Å². The normalized spacial score (nSPS) is 24.0. The molecule has 0 aromatic heterocycles. The quantitative estimate of drug-likeness (QED) is 0.591. The van der Waals surface area contributed by atoms with Crippen molar-refractivity contribution in [3.8, 4) is 5.75 Å². The predicted molar refractivity (Wildman–Crippen MR) is 104 cm³/mol. The van der Waals surface area contributed by atoms with Crippen LogP contribution in [0.3, 0.4) is 0 Å². The number of hydrogen-bond donors (Lipinski definition) is 0. The summed E-state index contributed by atoms with van der Waals surface area (Å²) >= 11 is 0. The first-order chi connectivity index (χ1) is 12.2. The second-order valence-electron chi connectivity index (χ2n) is 7.85. The zero-order chi connectivity index (χ0) is 17.5. The molecule has 25 heavy (non-hydrogen) atoms. The third-order valence-corrected chi connectivity index (χ3v) is 5.85. The smallest absolute Gasteiger partial charge is 0.155 e. The minimum atomic E-state index is 0.260. The maximum absolute atomic E-state index is 11.6. The van der Waals surface area contributed by atoms with E-state index in [2.05, 4.69) is 31.2 Å². The summed E-state index contributed by atoms with van der Waals surface area (Å²) in [6.45, 7) is 3.13. The predicted octanol–water partition coefficient (Wildman–Crippen LogP) is 6.20. The standard InChI is InChI=1S/C23H32O2/c1-2-3-5-18-8-10-19(11-9-18)17-25-23-14-12-20(13-15-23)21-6-4-7-22(24)16-21/h12-16,18-19H,2-11,17H2,1H3. The molecule has 2 aliphatic rings. The van der Waals surface area contributed by atoms with Crippen LogP contribution in [0.1, 0.15) is 76.7 Å². The number of carbonyl (C=O) groups excluding carboxylic acids is 1. The van der Waals surface area contributed by atoms with Gasteiger partial charge in [-0.05, 0) is 66.9 Å². The van der Waals surface area contributed by atoms with Crippen molar-refractivity contribution in [1.29, 1.82) is 0 Å². The minimum Gasteiger partial charge on any atom is -0.493 e.